The van der Waals surface area contributed by atoms with Gasteiger partial charge in [0.1, 0.15) is 11.5 Å². The van der Waals surface area contributed by atoms with Gasteiger partial charge in [-0.2, -0.15) is 4.39 Å². The summed E-state index contributed by atoms with van der Waals surface area (Å²) in [5.74, 6) is -0.352. The van der Waals surface area contributed by atoms with Crippen molar-refractivity contribution in [3.8, 4) is 0 Å². The Labute approximate surface area is 149 Å². The van der Waals surface area contributed by atoms with Crippen LogP contribution in [0.5, 0.6) is 0 Å². The van der Waals surface area contributed by atoms with E-state index in [1.165, 1.54) is 4.40 Å². The van der Waals surface area contributed by atoms with E-state index in [1.54, 1.807) is 36.9 Å². The number of nitrogens with one attached hydrogen (secondary N) is 1. The van der Waals surface area contributed by atoms with E-state index in [1.807, 2.05) is 6.92 Å². The SMILES string of the molecule is Cc1ccn2c(F)c(C(=O)N[C@H]3CCCN(c4cnccn4)C3)nc2c1. The van der Waals surface area contributed by atoms with E-state index in [-0.39, 0.29) is 11.7 Å². The monoisotopic (exact) mass is 354 g/mol. The topological polar surface area (TPSA) is 75.4 Å². The largest absolute Gasteiger partial charge is 0.353 e. The number of halogens is 1. The molecule has 7 nitrogen and oxygen atoms in total. The first kappa shape index (κ1) is 16.4. The van der Waals surface area contributed by atoms with Gasteiger partial charge in [-0.1, -0.05) is 0 Å². The van der Waals surface area contributed by atoms with Gasteiger partial charge in [-0.25, -0.2) is 9.97 Å². The summed E-state index contributed by atoms with van der Waals surface area (Å²) in [6.07, 6.45) is 8.30. The molecule has 0 saturated carbocycles. The second-order valence-electron chi connectivity index (χ2n) is 6.51. The number of fused-ring (bicyclic) bond motifs is 1. The number of rotatable bonds is 3. The number of hydrogen-bond donors (Lipinski definition) is 1. The molecule has 3 aromatic rings. The highest BCUT2D eigenvalue weighted by Gasteiger charge is 2.26. The van der Waals surface area contributed by atoms with Crippen molar-refractivity contribution in [3.63, 3.8) is 0 Å². The fourth-order valence-corrected chi connectivity index (χ4v) is 3.27. The van der Waals surface area contributed by atoms with Gasteiger partial charge in [0.15, 0.2) is 5.69 Å². The predicted octanol–water partition coefficient (Wildman–Crippen LogP) is 1.97. The Morgan fingerprint density at radius 1 is 1.38 bits per heavy atom. The van der Waals surface area contributed by atoms with Crippen LogP contribution in [-0.2, 0) is 0 Å². The minimum Gasteiger partial charge on any atom is -0.353 e. The number of nitrogens with zero attached hydrogens (tertiary/aromatic N) is 5. The number of pyridine rings is 1. The summed E-state index contributed by atoms with van der Waals surface area (Å²) in [6.45, 7) is 3.36. The first-order valence-electron chi connectivity index (χ1n) is 8.58. The first-order valence-corrected chi connectivity index (χ1v) is 8.58. The fourth-order valence-electron chi connectivity index (χ4n) is 3.27. The lowest BCUT2D eigenvalue weighted by atomic mass is 10.1. The average Bonchev–Trinajstić information content (AvgIpc) is 2.98. The molecule has 0 spiro atoms. The van der Waals surface area contributed by atoms with E-state index >= 15 is 0 Å². The summed E-state index contributed by atoms with van der Waals surface area (Å²) in [5, 5.41) is 2.91. The maximum Gasteiger partial charge on any atom is 0.274 e. The third-order valence-corrected chi connectivity index (χ3v) is 4.57. The zero-order valence-corrected chi connectivity index (χ0v) is 14.4. The summed E-state index contributed by atoms with van der Waals surface area (Å²) in [5.41, 5.74) is 1.21. The number of anilines is 1. The van der Waals surface area contributed by atoms with Crippen LogP contribution in [0.2, 0.25) is 0 Å². The molecule has 0 aromatic carbocycles. The van der Waals surface area contributed by atoms with Crippen molar-refractivity contribution in [3.05, 3.63) is 54.1 Å². The van der Waals surface area contributed by atoms with Crippen molar-refractivity contribution in [2.75, 3.05) is 18.0 Å². The third-order valence-electron chi connectivity index (χ3n) is 4.57. The van der Waals surface area contributed by atoms with Crippen molar-refractivity contribution < 1.29 is 9.18 Å². The molecule has 1 N–H and O–H groups in total. The second-order valence-corrected chi connectivity index (χ2v) is 6.51. The van der Waals surface area contributed by atoms with Crippen LogP contribution in [0.1, 0.15) is 28.9 Å². The van der Waals surface area contributed by atoms with Crippen molar-refractivity contribution >= 4 is 17.4 Å². The molecule has 1 saturated heterocycles. The Kier molecular flexibility index (Phi) is 4.24. The third kappa shape index (κ3) is 3.10. The van der Waals surface area contributed by atoms with E-state index in [0.29, 0.717) is 12.2 Å². The zero-order chi connectivity index (χ0) is 18.1. The van der Waals surface area contributed by atoms with Crippen LogP contribution in [0.4, 0.5) is 10.2 Å². The van der Waals surface area contributed by atoms with Gasteiger partial charge in [-0.3, -0.25) is 14.2 Å². The Hall–Kier alpha value is -3.03. The number of aryl methyl sites for hydroxylation is 1. The Bertz CT molecular complexity index is 942. The van der Waals surface area contributed by atoms with Gasteiger partial charge < -0.3 is 10.2 Å². The molecule has 134 valence electrons. The molecule has 1 fully saturated rings. The lowest BCUT2D eigenvalue weighted by Crippen LogP contribution is -2.48. The summed E-state index contributed by atoms with van der Waals surface area (Å²) < 4.78 is 15.8. The highest BCUT2D eigenvalue weighted by Crippen LogP contribution is 2.18. The molecular weight excluding hydrogens is 335 g/mol. The Morgan fingerprint density at radius 3 is 3.08 bits per heavy atom. The lowest BCUT2D eigenvalue weighted by Gasteiger charge is -2.33. The molecule has 1 aliphatic heterocycles. The molecule has 0 aliphatic carbocycles. The molecule has 26 heavy (non-hydrogen) atoms. The summed E-state index contributed by atoms with van der Waals surface area (Å²) >= 11 is 0. The number of carbonyl (C=O) groups excluding carboxylic acids is 1. The summed E-state index contributed by atoms with van der Waals surface area (Å²) in [4.78, 5) is 27.2. The molecule has 4 heterocycles. The van der Waals surface area contributed by atoms with Gasteiger partial charge in [0.2, 0.25) is 5.95 Å². The molecule has 8 heteroatoms. The van der Waals surface area contributed by atoms with E-state index < -0.39 is 11.9 Å². The molecule has 3 aromatic heterocycles. The van der Waals surface area contributed by atoms with Crippen LogP contribution in [0, 0.1) is 12.9 Å². The van der Waals surface area contributed by atoms with Gasteiger partial charge in [0.05, 0.1) is 6.20 Å². The number of aromatic nitrogens is 4. The maximum atomic E-state index is 14.5. The molecule has 1 atom stereocenters. The lowest BCUT2D eigenvalue weighted by molar-refractivity contribution is 0.0924. The Balaban J connectivity index is 1.50. The molecule has 1 amide bonds. The minimum atomic E-state index is -0.640. The van der Waals surface area contributed by atoms with Crippen LogP contribution in [0.25, 0.3) is 5.65 Å². The van der Waals surface area contributed by atoms with E-state index in [2.05, 4.69) is 25.2 Å². The summed E-state index contributed by atoms with van der Waals surface area (Å²) in [7, 11) is 0. The normalized spacial score (nSPS) is 17.5. The number of carbonyl (C=O) groups is 1. The number of imidazole rings is 1. The van der Waals surface area contributed by atoms with Crippen molar-refractivity contribution in [1.29, 1.82) is 0 Å². The second kappa shape index (κ2) is 6.70. The summed E-state index contributed by atoms with van der Waals surface area (Å²) in [6, 6.07) is 3.43. The zero-order valence-electron chi connectivity index (χ0n) is 14.4. The molecule has 0 unspecified atom stereocenters. The number of hydrogen-bond acceptors (Lipinski definition) is 5. The van der Waals surface area contributed by atoms with Crippen LogP contribution in [-0.4, -0.2) is 44.4 Å². The quantitative estimate of drug-likeness (QED) is 0.778. The smallest absolute Gasteiger partial charge is 0.274 e. The van der Waals surface area contributed by atoms with Crippen LogP contribution in [0.15, 0.2) is 36.9 Å². The Morgan fingerprint density at radius 2 is 2.27 bits per heavy atom. The standard InChI is InChI=1S/C18H19FN6O/c1-12-4-8-25-14(9-12)23-16(17(25)19)18(26)22-13-3-2-7-24(11-13)15-10-20-5-6-21-15/h4-6,8-10,13H,2-3,7,11H2,1H3,(H,22,26)/t13-/m0/s1. The molecular formula is C18H19FN6O. The average molecular weight is 354 g/mol. The maximum absolute atomic E-state index is 14.5. The van der Waals surface area contributed by atoms with Gasteiger partial charge in [-0.05, 0) is 37.5 Å². The van der Waals surface area contributed by atoms with Crippen molar-refractivity contribution in [2.24, 2.45) is 0 Å². The minimum absolute atomic E-state index is 0.0933. The van der Waals surface area contributed by atoms with Gasteiger partial charge in [0.25, 0.3) is 5.91 Å². The number of piperidine rings is 1. The molecule has 0 radical (unpaired) electrons. The van der Waals surface area contributed by atoms with E-state index in [0.717, 1.165) is 30.8 Å². The predicted molar refractivity (Wildman–Crippen MR) is 94.6 cm³/mol. The van der Waals surface area contributed by atoms with Gasteiger partial charge >= 0.3 is 0 Å². The van der Waals surface area contributed by atoms with Crippen LogP contribution >= 0.6 is 0 Å². The molecule has 4 rings (SSSR count). The highest BCUT2D eigenvalue weighted by molar-refractivity contribution is 5.93. The van der Waals surface area contributed by atoms with Crippen LogP contribution < -0.4 is 10.2 Å². The van der Waals surface area contributed by atoms with Gasteiger partial charge in [-0.15, -0.1) is 0 Å². The first-order chi connectivity index (χ1) is 12.6. The molecule has 0 bridgehead atoms. The highest BCUT2D eigenvalue weighted by atomic mass is 19.1. The van der Waals surface area contributed by atoms with Crippen LogP contribution in [0.3, 0.4) is 0 Å². The molecule has 1 aliphatic rings. The van der Waals surface area contributed by atoms with E-state index in [4.69, 9.17) is 0 Å². The van der Waals surface area contributed by atoms with E-state index in [9.17, 15) is 9.18 Å². The van der Waals surface area contributed by atoms with Crippen molar-refractivity contribution in [1.82, 2.24) is 24.7 Å². The number of amides is 1. The van der Waals surface area contributed by atoms with Gasteiger partial charge in [0, 0.05) is 37.7 Å². The fraction of sp³-hybridized carbons (Fsp3) is 0.333. The van der Waals surface area contributed by atoms with Crippen molar-refractivity contribution in [2.45, 2.75) is 25.8 Å².